The maximum absolute atomic E-state index is 12.4. The van der Waals surface area contributed by atoms with Gasteiger partial charge >= 0.3 is 6.18 Å². The summed E-state index contributed by atoms with van der Waals surface area (Å²) in [6.07, 6.45) is -3.13. The van der Waals surface area contributed by atoms with Crippen LogP contribution in [0.2, 0.25) is 0 Å². The Balaban J connectivity index is 1.87. The molecule has 0 radical (unpaired) electrons. The first-order valence-corrected chi connectivity index (χ1v) is 5.87. The molecule has 2 aromatic rings. The second-order valence-electron chi connectivity index (χ2n) is 4.21. The van der Waals surface area contributed by atoms with Crippen LogP contribution in [0.1, 0.15) is 27.2 Å². The number of benzene rings is 1. The molecule has 0 fully saturated rings. The van der Waals surface area contributed by atoms with Crippen LogP contribution >= 0.6 is 0 Å². The second kappa shape index (κ2) is 5.96. The van der Waals surface area contributed by atoms with Gasteiger partial charge in [-0.05, 0) is 24.6 Å². The molecule has 1 amide bonds. The summed E-state index contributed by atoms with van der Waals surface area (Å²) in [4.78, 5) is 16.6. The minimum atomic E-state index is -4.38. The van der Waals surface area contributed by atoms with Gasteiger partial charge in [-0.25, -0.2) is 5.48 Å². The highest BCUT2D eigenvalue weighted by molar-refractivity contribution is 5.93. The average molecular weight is 300 g/mol. The van der Waals surface area contributed by atoms with E-state index in [1.165, 1.54) is 18.3 Å². The van der Waals surface area contributed by atoms with Crippen molar-refractivity contribution in [2.75, 3.05) is 0 Å². The van der Waals surface area contributed by atoms with E-state index in [0.29, 0.717) is 11.3 Å². The Morgan fingerprint density at radius 1 is 1.33 bits per heavy atom. The highest BCUT2D eigenvalue weighted by Crippen LogP contribution is 2.29. The van der Waals surface area contributed by atoms with Crippen molar-refractivity contribution in [3.63, 3.8) is 0 Å². The SMILES string of the molecule is Cc1oncc1C(=O)NOCc1ccc(C(F)(F)F)cc1. The first kappa shape index (κ1) is 15.0. The molecule has 21 heavy (non-hydrogen) atoms. The summed E-state index contributed by atoms with van der Waals surface area (Å²) in [6.45, 7) is 1.51. The zero-order valence-electron chi connectivity index (χ0n) is 10.9. The van der Waals surface area contributed by atoms with E-state index >= 15 is 0 Å². The fraction of sp³-hybridized carbons (Fsp3) is 0.231. The smallest absolute Gasteiger partial charge is 0.361 e. The summed E-state index contributed by atoms with van der Waals surface area (Å²) in [5.41, 5.74) is 2.13. The predicted octanol–water partition coefficient (Wildman–Crippen LogP) is 2.86. The molecule has 0 unspecified atom stereocenters. The van der Waals surface area contributed by atoms with Gasteiger partial charge in [0.2, 0.25) is 0 Å². The molecule has 0 aliphatic carbocycles. The van der Waals surface area contributed by atoms with Crippen LogP contribution in [0.25, 0.3) is 0 Å². The summed E-state index contributed by atoms with van der Waals surface area (Å²) < 4.78 is 41.8. The van der Waals surface area contributed by atoms with E-state index in [1.54, 1.807) is 6.92 Å². The molecule has 1 heterocycles. The molecule has 0 aliphatic heterocycles. The van der Waals surface area contributed by atoms with Crippen molar-refractivity contribution < 1.29 is 27.3 Å². The number of halogens is 3. The number of hydrogen-bond donors (Lipinski definition) is 1. The van der Waals surface area contributed by atoms with Crippen LogP contribution < -0.4 is 5.48 Å². The number of aryl methyl sites for hydroxylation is 1. The van der Waals surface area contributed by atoms with E-state index in [2.05, 4.69) is 10.6 Å². The number of hydroxylamine groups is 1. The van der Waals surface area contributed by atoms with Crippen LogP contribution in [-0.2, 0) is 17.6 Å². The zero-order valence-corrected chi connectivity index (χ0v) is 10.9. The first-order valence-electron chi connectivity index (χ1n) is 5.87. The minimum absolute atomic E-state index is 0.0613. The van der Waals surface area contributed by atoms with Crippen LogP contribution in [0.4, 0.5) is 13.2 Å². The van der Waals surface area contributed by atoms with Crippen LogP contribution in [0.3, 0.4) is 0 Å². The molecule has 0 saturated heterocycles. The van der Waals surface area contributed by atoms with Crippen molar-refractivity contribution in [1.82, 2.24) is 10.6 Å². The lowest BCUT2D eigenvalue weighted by atomic mass is 10.1. The van der Waals surface area contributed by atoms with E-state index in [4.69, 9.17) is 9.36 Å². The lowest BCUT2D eigenvalue weighted by Crippen LogP contribution is -2.23. The van der Waals surface area contributed by atoms with Crippen LogP contribution in [-0.4, -0.2) is 11.1 Å². The Bertz CT molecular complexity index is 620. The number of nitrogens with zero attached hydrogens (tertiary/aromatic N) is 1. The van der Waals surface area contributed by atoms with E-state index < -0.39 is 17.6 Å². The van der Waals surface area contributed by atoms with Crippen LogP contribution in [0, 0.1) is 6.92 Å². The highest BCUT2D eigenvalue weighted by Gasteiger charge is 2.29. The number of alkyl halides is 3. The fourth-order valence-electron chi connectivity index (χ4n) is 1.55. The predicted molar refractivity (Wildman–Crippen MR) is 64.9 cm³/mol. The Kier molecular flexibility index (Phi) is 4.27. The number of rotatable bonds is 4. The normalized spacial score (nSPS) is 11.4. The van der Waals surface area contributed by atoms with Gasteiger partial charge in [0, 0.05) is 0 Å². The molecule has 1 N–H and O–H groups in total. The number of carbonyl (C=O) groups excluding carboxylic acids is 1. The molecule has 0 bridgehead atoms. The van der Waals surface area contributed by atoms with Gasteiger partial charge in [0.15, 0.2) is 0 Å². The van der Waals surface area contributed by atoms with Crippen molar-refractivity contribution in [2.45, 2.75) is 19.7 Å². The van der Waals surface area contributed by atoms with E-state index in [0.717, 1.165) is 12.1 Å². The molecule has 0 atom stereocenters. The van der Waals surface area contributed by atoms with Gasteiger partial charge in [-0.2, -0.15) is 13.2 Å². The minimum Gasteiger partial charge on any atom is -0.361 e. The molecule has 1 aromatic carbocycles. The third-order valence-corrected chi connectivity index (χ3v) is 2.68. The molecule has 5 nitrogen and oxygen atoms in total. The Morgan fingerprint density at radius 2 is 2.00 bits per heavy atom. The van der Waals surface area contributed by atoms with Gasteiger partial charge in [0.05, 0.1) is 18.4 Å². The van der Waals surface area contributed by atoms with Gasteiger partial charge in [-0.15, -0.1) is 0 Å². The van der Waals surface area contributed by atoms with E-state index in [1.807, 2.05) is 0 Å². The quantitative estimate of drug-likeness (QED) is 0.882. The van der Waals surface area contributed by atoms with Gasteiger partial charge in [0.25, 0.3) is 5.91 Å². The molecule has 0 aliphatic rings. The molecule has 0 spiro atoms. The van der Waals surface area contributed by atoms with Gasteiger partial charge in [-0.3, -0.25) is 9.63 Å². The van der Waals surface area contributed by atoms with Crippen molar-refractivity contribution in [3.8, 4) is 0 Å². The molecule has 0 saturated carbocycles. The Hall–Kier alpha value is -2.35. The summed E-state index contributed by atoms with van der Waals surface area (Å²) in [5.74, 6) is -0.203. The number of aromatic nitrogens is 1. The van der Waals surface area contributed by atoms with Gasteiger partial charge < -0.3 is 4.52 Å². The zero-order chi connectivity index (χ0) is 15.5. The largest absolute Gasteiger partial charge is 0.416 e. The molecule has 2 rings (SSSR count). The monoisotopic (exact) mass is 300 g/mol. The van der Waals surface area contributed by atoms with E-state index in [-0.39, 0.29) is 12.2 Å². The van der Waals surface area contributed by atoms with E-state index in [9.17, 15) is 18.0 Å². The molecule has 8 heteroatoms. The Morgan fingerprint density at radius 3 is 2.52 bits per heavy atom. The number of nitrogens with one attached hydrogen (secondary N) is 1. The molecule has 1 aromatic heterocycles. The summed E-state index contributed by atoms with van der Waals surface area (Å²) in [7, 11) is 0. The topological polar surface area (TPSA) is 64.4 Å². The number of amides is 1. The first-order chi connectivity index (χ1) is 9.88. The second-order valence-corrected chi connectivity index (χ2v) is 4.21. The standard InChI is InChI=1S/C13H11F3N2O3/c1-8-11(6-17-21-8)12(19)18-20-7-9-2-4-10(5-3-9)13(14,15)16/h2-6H,7H2,1H3,(H,18,19). The molecular formula is C13H11F3N2O3. The van der Waals surface area contributed by atoms with Crippen molar-refractivity contribution in [2.24, 2.45) is 0 Å². The summed E-state index contributed by atoms with van der Waals surface area (Å²) in [6, 6.07) is 4.45. The lowest BCUT2D eigenvalue weighted by Gasteiger charge is -2.08. The molecule has 112 valence electrons. The highest BCUT2D eigenvalue weighted by atomic mass is 19.4. The lowest BCUT2D eigenvalue weighted by molar-refractivity contribution is -0.137. The van der Waals surface area contributed by atoms with Gasteiger partial charge in [-0.1, -0.05) is 17.3 Å². The van der Waals surface area contributed by atoms with Crippen LogP contribution in [0.15, 0.2) is 35.0 Å². The van der Waals surface area contributed by atoms with Crippen LogP contribution in [0.5, 0.6) is 0 Å². The third-order valence-electron chi connectivity index (χ3n) is 2.68. The fourth-order valence-corrected chi connectivity index (χ4v) is 1.55. The summed E-state index contributed by atoms with van der Waals surface area (Å²) in [5, 5.41) is 3.44. The average Bonchev–Trinajstić information content (AvgIpc) is 2.84. The summed E-state index contributed by atoms with van der Waals surface area (Å²) >= 11 is 0. The Labute approximate surface area is 117 Å². The van der Waals surface area contributed by atoms with Crippen molar-refractivity contribution >= 4 is 5.91 Å². The number of carbonyl (C=O) groups is 1. The van der Waals surface area contributed by atoms with Crippen molar-refractivity contribution in [1.29, 1.82) is 0 Å². The van der Waals surface area contributed by atoms with Crippen molar-refractivity contribution in [3.05, 3.63) is 52.9 Å². The maximum atomic E-state index is 12.4. The molecular weight excluding hydrogens is 289 g/mol. The maximum Gasteiger partial charge on any atom is 0.416 e. The van der Waals surface area contributed by atoms with Gasteiger partial charge in [0.1, 0.15) is 11.3 Å². The number of hydrogen-bond acceptors (Lipinski definition) is 4. The third kappa shape index (κ3) is 3.82.